The van der Waals surface area contributed by atoms with Crippen LogP contribution < -0.4 is 0 Å². The average molecular weight is 485 g/mol. The summed E-state index contributed by atoms with van der Waals surface area (Å²) in [5, 5.41) is 14.4. The van der Waals surface area contributed by atoms with Crippen LogP contribution in [0, 0.1) is 11.8 Å². The summed E-state index contributed by atoms with van der Waals surface area (Å²) in [6.07, 6.45) is 10.1. The SMILES string of the molecule is CCC(C)C1=CN(C(=O)CC2CCCCC2)CN1Cc1ccc(-c2ccccc2-c2nnn[nH]2)cc1. The van der Waals surface area contributed by atoms with Crippen LogP contribution in [-0.4, -0.2) is 43.0 Å². The minimum absolute atomic E-state index is 0.277. The van der Waals surface area contributed by atoms with Crippen LogP contribution in [-0.2, 0) is 11.3 Å². The molecule has 2 aromatic carbocycles. The molecule has 2 heterocycles. The molecule has 3 aromatic rings. The number of aromatic amines is 1. The Hall–Kier alpha value is -3.48. The van der Waals surface area contributed by atoms with E-state index < -0.39 is 0 Å². The van der Waals surface area contributed by atoms with Gasteiger partial charge in [0.25, 0.3) is 0 Å². The summed E-state index contributed by atoms with van der Waals surface area (Å²) in [6.45, 7) is 5.91. The number of amides is 1. The summed E-state index contributed by atoms with van der Waals surface area (Å²) in [5.41, 5.74) is 5.68. The van der Waals surface area contributed by atoms with Crippen molar-refractivity contribution in [2.24, 2.45) is 11.8 Å². The number of allylic oxidation sites excluding steroid dienone is 1. The lowest BCUT2D eigenvalue weighted by Gasteiger charge is -2.27. The summed E-state index contributed by atoms with van der Waals surface area (Å²) in [5.74, 6) is 1.91. The Kier molecular flexibility index (Phi) is 7.44. The van der Waals surface area contributed by atoms with Crippen molar-refractivity contribution in [1.29, 1.82) is 0 Å². The van der Waals surface area contributed by atoms with Crippen molar-refractivity contribution in [3.05, 3.63) is 66.0 Å². The molecule has 0 saturated heterocycles. The van der Waals surface area contributed by atoms with E-state index in [1.165, 1.54) is 43.4 Å². The molecule has 0 bridgehead atoms. The molecule has 36 heavy (non-hydrogen) atoms. The van der Waals surface area contributed by atoms with E-state index in [4.69, 9.17) is 0 Å². The molecule has 1 N–H and O–H groups in total. The maximum absolute atomic E-state index is 13.1. The third-order valence-corrected chi connectivity index (χ3v) is 7.77. The Morgan fingerprint density at radius 2 is 1.81 bits per heavy atom. The standard InChI is InChI=1S/C29H36N6O/c1-3-21(2)27-19-35(28(36)17-22-9-5-4-6-10-22)20-34(27)18-23-13-15-24(16-14-23)25-11-7-8-12-26(25)29-30-32-33-31-29/h7-8,11-16,19,21-22H,3-6,9-10,17-18,20H2,1-2H3,(H,30,31,32,33). The number of tetrazole rings is 1. The minimum atomic E-state index is 0.277. The van der Waals surface area contributed by atoms with Gasteiger partial charge in [-0.1, -0.05) is 81.6 Å². The number of hydrogen-bond acceptors (Lipinski definition) is 5. The van der Waals surface area contributed by atoms with E-state index >= 15 is 0 Å². The molecule has 1 amide bonds. The van der Waals surface area contributed by atoms with Crippen molar-refractivity contribution in [3.8, 4) is 22.5 Å². The third kappa shape index (κ3) is 5.35. The molecule has 1 fully saturated rings. The van der Waals surface area contributed by atoms with Gasteiger partial charge in [-0.2, -0.15) is 0 Å². The van der Waals surface area contributed by atoms with Crippen molar-refractivity contribution < 1.29 is 4.79 Å². The van der Waals surface area contributed by atoms with Gasteiger partial charge in [0.1, 0.15) is 0 Å². The summed E-state index contributed by atoms with van der Waals surface area (Å²) >= 11 is 0. The Balaban J connectivity index is 1.29. The smallest absolute Gasteiger partial charge is 0.228 e. The summed E-state index contributed by atoms with van der Waals surface area (Å²) < 4.78 is 0. The second kappa shape index (κ2) is 11.1. The zero-order valence-electron chi connectivity index (χ0n) is 21.4. The summed E-state index contributed by atoms with van der Waals surface area (Å²) in [4.78, 5) is 17.5. The molecule has 1 unspecified atom stereocenters. The van der Waals surface area contributed by atoms with E-state index in [0.717, 1.165) is 29.7 Å². The number of carbonyl (C=O) groups excluding carboxylic acids is 1. The Morgan fingerprint density at radius 3 is 2.50 bits per heavy atom. The van der Waals surface area contributed by atoms with Crippen LogP contribution in [0.4, 0.5) is 0 Å². The zero-order valence-corrected chi connectivity index (χ0v) is 21.4. The van der Waals surface area contributed by atoms with Gasteiger partial charge < -0.3 is 4.90 Å². The van der Waals surface area contributed by atoms with Gasteiger partial charge in [0.05, 0.1) is 6.67 Å². The molecule has 1 atom stereocenters. The van der Waals surface area contributed by atoms with Crippen LogP contribution in [0.2, 0.25) is 0 Å². The van der Waals surface area contributed by atoms with Gasteiger partial charge in [0, 0.05) is 30.4 Å². The molecule has 7 heteroatoms. The monoisotopic (exact) mass is 484 g/mol. The van der Waals surface area contributed by atoms with E-state index in [0.29, 0.717) is 30.7 Å². The summed E-state index contributed by atoms with van der Waals surface area (Å²) in [7, 11) is 0. The van der Waals surface area contributed by atoms with E-state index in [-0.39, 0.29) is 5.91 Å². The maximum atomic E-state index is 13.1. The number of carbonyl (C=O) groups is 1. The van der Waals surface area contributed by atoms with Gasteiger partial charge in [-0.3, -0.25) is 9.69 Å². The molecule has 2 aliphatic rings. The van der Waals surface area contributed by atoms with Crippen molar-refractivity contribution in [3.63, 3.8) is 0 Å². The van der Waals surface area contributed by atoms with Crippen molar-refractivity contribution in [2.45, 2.75) is 65.3 Å². The molecule has 7 nitrogen and oxygen atoms in total. The first-order valence-corrected chi connectivity index (χ1v) is 13.3. The van der Waals surface area contributed by atoms with Crippen molar-refractivity contribution in [2.75, 3.05) is 6.67 Å². The van der Waals surface area contributed by atoms with Crippen LogP contribution in [0.15, 0.2) is 60.4 Å². The topological polar surface area (TPSA) is 78.0 Å². The van der Waals surface area contributed by atoms with Crippen LogP contribution >= 0.6 is 0 Å². The van der Waals surface area contributed by atoms with Crippen LogP contribution in [0.3, 0.4) is 0 Å². The predicted octanol–water partition coefficient (Wildman–Crippen LogP) is 5.99. The highest BCUT2D eigenvalue weighted by molar-refractivity contribution is 5.80. The van der Waals surface area contributed by atoms with E-state index in [2.05, 4.69) is 75.9 Å². The highest BCUT2D eigenvalue weighted by Gasteiger charge is 2.29. The lowest BCUT2D eigenvalue weighted by atomic mass is 9.87. The quantitative estimate of drug-likeness (QED) is 0.425. The molecule has 1 aliphatic carbocycles. The molecule has 188 valence electrons. The Bertz CT molecular complexity index is 1180. The van der Waals surface area contributed by atoms with Gasteiger partial charge in [0.15, 0.2) is 5.82 Å². The zero-order chi connectivity index (χ0) is 24.9. The molecule has 5 rings (SSSR count). The Labute approximate surface area is 213 Å². The van der Waals surface area contributed by atoms with Crippen LogP contribution in [0.1, 0.15) is 64.4 Å². The fraction of sp³-hybridized carbons (Fsp3) is 0.448. The third-order valence-electron chi connectivity index (χ3n) is 7.77. The number of rotatable bonds is 8. The molecule has 0 radical (unpaired) electrons. The Morgan fingerprint density at radius 1 is 1.06 bits per heavy atom. The lowest BCUT2D eigenvalue weighted by molar-refractivity contribution is -0.130. The summed E-state index contributed by atoms with van der Waals surface area (Å²) in [6, 6.07) is 16.8. The lowest BCUT2D eigenvalue weighted by Crippen LogP contribution is -2.32. The first-order valence-electron chi connectivity index (χ1n) is 13.3. The normalized spacial score (nSPS) is 17.3. The number of nitrogens with one attached hydrogen (secondary N) is 1. The number of benzene rings is 2. The second-order valence-corrected chi connectivity index (χ2v) is 10.3. The van der Waals surface area contributed by atoms with Gasteiger partial charge in [-0.25, -0.2) is 5.10 Å². The highest BCUT2D eigenvalue weighted by Crippen LogP contribution is 2.32. The fourth-order valence-corrected chi connectivity index (χ4v) is 5.47. The van der Waals surface area contributed by atoms with E-state index in [1.54, 1.807) is 0 Å². The van der Waals surface area contributed by atoms with Gasteiger partial charge in [0.2, 0.25) is 5.91 Å². The second-order valence-electron chi connectivity index (χ2n) is 10.3. The highest BCUT2D eigenvalue weighted by atomic mass is 16.2. The average Bonchev–Trinajstić information content (AvgIpc) is 3.60. The minimum Gasteiger partial charge on any atom is -0.351 e. The number of H-pyrrole nitrogens is 1. The molecule has 1 aliphatic heterocycles. The van der Waals surface area contributed by atoms with Gasteiger partial charge >= 0.3 is 0 Å². The molecular weight excluding hydrogens is 448 g/mol. The predicted molar refractivity (Wildman–Crippen MR) is 141 cm³/mol. The van der Waals surface area contributed by atoms with E-state index in [9.17, 15) is 4.79 Å². The first kappa shape index (κ1) is 24.2. The van der Waals surface area contributed by atoms with Crippen molar-refractivity contribution >= 4 is 5.91 Å². The van der Waals surface area contributed by atoms with Gasteiger partial charge in [-0.05, 0) is 58.2 Å². The number of nitrogens with zero attached hydrogens (tertiary/aromatic N) is 5. The van der Waals surface area contributed by atoms with Crippen molar-refractivity contribution in [1.82, 2.24) is 30.4 Å². The van der Waals surface area contributed by atoms with E-state index in [1.807, 2.05) is 23.1 Å². The molecule has 1 saturated carbocycles. The van der Waals surface area contributed by atoms with Gasteiger partial charge in [-0.15, -0.1) is 5.10 Å². The maximum Gasteiger partial charge on any atom is 0.228 e. The molecule has 1 aromatic heterocycles. The van der Waals surface area contributed by atoms with Crippen LogP contribution in [0.5, 0.6) is 0 Å². The number of hydrogen-bond donors (Lipinski definition) is 1. The van der Waals surface area contributed by atoms with Crippen LogP contribution in [0.25, 0.3) is 22.5 Å². The molecule has 0 spiro atoms. The first-order chi connectivity index (χ1) is 17.6. The largest absolute Gasteiger partial charge is 0.351 e. The number of aromatic nitrogens is 4. The molecular formula is C29H36N6O. The fourth-order valence-electron chi connectivity index (χ4n) is 5.47.